The standard InChI is InChI=1S/C22H19BrClFN2O2/c1-13-10-16(29-9-8-25)4-6-17(13)22(28)18-5-3-15(12-19(18)24)27-21-7-2-14(23)11-20(21)26/h2-7,10-12,27H,8-9,26H2,1H3. The molecule has 3 rings (SSSR count). The molecule has 0 atom stereocenters. The van der Waals surface area contributed by atoms with Gasteiger partial charge < -0.3 is 15.8 Å². The third-order valence-corrected chi connectivity index (χ3v) is 5.10. The van der Waals surface area contributed by atoms with Gasteiger partial charge in [-0.2, -0.15) is 0 Å². The van der Waals surface area contributed by atoms with E-state index in [2.05, 4.69) is 21.2 Å². The Hall–Kier alpha value is -2.57. The molecule has 0 aromatic heterocycles. The van der Waals surface area contributed by atoms with Crippen LogP contribution >= 0.6 is 27.5 Å². The normalized spacial score (nSPS) is 10.6. The van der Waals surface area contributed by atoms with Crippen LogP contribution in [0, 0.1) is 6.92 Å². The lowest BCUT2D eigenvalue weighted by Gasteiger charge is -2.13. The van der Waals surface area contributed by atoms with Crippen LogP contribution in [0.2, 0.25) is 5.02 Å². The Balaban J connectivity index is 1.82. The van der Waals surface area contributed by atoms with Crippen molar-refractivity contribution in [2.45, 2.75) is 6.92 Å². The molecular weight excluding hydrogens is 459 g/mol. The summed E-state index contributed by atoms with van der Waals surface area (Å²) in [4.78, 5) is 12.9. The molecule has 0 saturated heterocycles. The minimum Gasteiger partial charge on any atom is -0.491 e. The number of hydrogen-bond donors (Lipinski definition) is 2. The van der Waals surface area contributed by atoms with Crippen LogP contribution in [0.5, 0.6) is 5.75 Å². The van der Waals surface area contributed by atoms with Crippen LogP contribution in [-0.4, -0.2) is 19.1 Å². The highest BCUT2D eigenvalue weighted by Gasteiger charge is 2.16. The van der Waals surface area contributed by atoms with Crippen LogP contribution in [0.1, 0.15) is 21.5 Å². The largest absolute Gasteiger partial charge is 0.491 e. The quantitative estimate of drug-likeness (QED) is 0.309. The molecule has 0 bridgehead atoms. The number of alkyl halides is 1. The van der Waals surface area contributed by atoms with E-state index in [9.17, 15) is 9.18 Å². The Labute approximate surface area is 182 Å². The second-order valence-corrected chi connectivity index (χ2v) is 7.72. The van der Waals surface area contributed by atoms with Crippen molar-refractivity contribution in [2.75, 3.05) is 24.3 Å². The van der Waals surface area contributed by atoms with Crippen molar-refractivity contribution in [1.29, 1.82) is 0 Å². The van der Waals surface area contributed by atoms with Gasteiger partial charge in [-0.15, -0.1) is 0 Å². The number of halogens is 3. The van der Waals surface area contributed by atoms with Gasteiger partial charge in [0.15, 0.2) is 5.78 Å². The summed E-state index contributed by atoms with van der Waals surface area (Å²) in [6.07, 6.45) is 0. The van der Waals surface area contributed by atoms with Gasteiger partial charge in [0.2, 0.25) is 0 Å². The number of ketones is 1. The Bertz CT molecular complexity index is 1060. The number of carbonyl (C=O) groups excluding carboxylic acids is 1. The maximum absolute atomic E-state index is 12.9. The maximum Gasteiger partial charge on any atom is 0.194 e. The van der Waals surface area contributed by atoms with Crippen molar-refractivity contribution in [3.8, 4) is 5.75 Å². The number of nitrogens with one attached hydrogen (secondary N) is 1. The first-order valence-electron chi connectivity index (χ1n) is 8.84. The number of carbonyl (C=O) groups is 1. The van der Waals surface area contributed by atoms with E-state index in [1.54, 1.807) is 49.4 Å². The predicted octanol–water partition coefficient (Wildman–Crippen LogP) is 6.32. The zero-order chi connectivity index (χ0) is 21.0. The minimum absolute atomic E-state index is 0.0180. The fourth-order valence-corrected chi connectivity index (χ4v) is 3.51. The molecule has 150 valence electrons. The summed E-state index contributed by atoms with van der Waals surface area (Å²) in [5, 5.41) is 3.52. The monoisotopic (exact) mass is 476 g/mol. The molecule has 29 heavy (non-hydrogen) atoms. The van der Waals surface area contributed by atoms with Crippen molar-refractivity contribution < 1.29 is 13.9 Å². The van der Waals surface area contributed by atoms with Crippen LogP contribution in [0.25, 0.3) is 0 Å². The molecule has 3 aromatic rings. The first-order chi connectivity index (χ1) is 13.9. The molecule has 7 heteroatoms. The first-order valence-corrected chi connectivity index (χ1v) is 10.0. The number of rotatable bonds is 7. The van der Waals surface area contributed by atoms with Gasteiger partial charge in [0.25, 0.3) is 0 Å². The second-order valence-electron chi connectivity index (χ2n) is 6.39. The molecule has 0 aliphatic carbocycles. The van der Waals surface area contributed by atoms with Gasteiger partial charge in [-0.25, -0.2) is 4.39 Å². The van der Waals surface area contributed by atoms with Crippen molar-refractivity contribution in [3.63, 3.8) is 0 Å². The van der Waals surface area contributed by atoms with Gasteiger partial charge in [-0.05, 0) is 67.1 Å². The number of hydrogen-bond acceptors (Lipinski definition) is 4. The lowest BCUT2D eigenvalue weighted by Crippen LogP contribution is -2.06. The summed E-state index contributed by atoms with van der Waals surface area (Å²) < 4.78 is 18.4. The zero-order valence-electron chi connectivity index (χ0n) is 15.6. The first kappa shape index (κ1) is 21.1. The molecule has 3 aromatic carbocycles. The lowest BCUT2D eigenvalue weighted by atomic mass is 9.98. The minimum atomic E-state index is -0.568. The molecule has 0 unspecified atom stereocenters. The molecular formula is C22H19BrClFN2O2. The van der Waals surface area contributed by atoms with Gasteiger partial charge in [-0.3, -0.25) is 4.79 Å². The van der Waals surface area contributed by atoms with E-state index in [4.69, 9.17) is 22.1 Å². The number of nitrogens with two attached hydrogens (primary N) is 1. The predicted molar refractivity (Wildman–Crippen MR) is 119 cm³/mol. The summed E-state index contributed by atoms with van der Waals surface area (Å²) in [6, 6.07) is 15.7. The average molecular weight is 478 g/mol. The molecule has 4 nitrogen and oxygen atoms in total. The van der Waals surface area contributed by atoms with Crippen LogP contribution in [0.4, 0.5) is 21.5 Å². The molecule has 0 aliphatic heterocycles. The third kappa shape index (κ3) is 5.08. The highest BCUT2D eigenvalue weighted by molar-refractivity contribution is 9.10. The van der Waals surface area contributed by atoms with Gasteiger partial charge in [0, 0.05) is 21.3 Å². The highest BCUT2D eigenvalue weighted by atomic mass is 79.9. The van der Waals surface area contributed by atoms with Gasteiger partial charge >= 0.3 is 0 Å². The number of nitrogen functional groups attached to an aromatic ring is 1. The Morgan fingerprint density at radius 2 is 1.90 bits per heavy atom. The van der Waals surface area contributed by atoms with E-state index in [0.29, 0.717) is 33.3 Å². The van der Waals surface area contributed by atoms with Gasteiger partial charge in [0.1, 0.15) is 19.0 Å². The summed E-state index contributed by atoms with van der Waals surface area (Å²) in [6.45, 7) is 1.22. The number of benzene rings is 3. The van der Waals surface area contributed by atoms with Gasteiger partial charge in [-0.1, -0.05) is 27.5 Å². The average Bonchev–Trinajstić information content (AvgIpc) is 2.68. The van der Waals surface area contributed by atoms with Crippen LogP contribution < -0.4 is 15.8 Å². The van der Waals surface area contributed by atoms with Crippen LogP contribution in [0.15, 0.2) is 59.1 Å². The molecule has 0 amide bonds. The molecule has 0 radical (unpaired) electrons. The molecule has 0 heterocycles. The van der Waals surface area contributed by atoms with E-state index >= 15 is 0 Å². The molecule has 0 saturated carbocycles. The van der Waals surface area contributed by atoms with Crippen molar-refractivity contribution >= 4 is 50.4 Å². The zero-order valence-corrected chi connectivity index (χ0v) is 18.0. The van der Waals surface area contributed by atoms with E-state index in [0.717, 1.165) is 15.7 Å². The topological polar surface area (TPSA) is 64.3 Å². The SMILES string of the molecule is Cc1cc(OCCF)ccc1C(=O)c1ccc(Nc2ccc(Br)cc2N)cc1Cl. The van der Waals surface area contributed by atoms with Gasteiger partial charge in [0.05, 0.1) is 16.4 Å². The Morgan fingerprint density at radius 1 is 1.14 bits per heavy atom. The number of anilines is 3. The van der Waals surface area contributed by atoms with E-state index in [1.807, 2.05) is 12.1 Å². The molecule has 0 spiro atoms. The van der Waals surface area contributed by atoms with Crippen molar-refractivity contribution in [3.05, 3.63) is 80.8 Å². The third-order valence-electron chi connectivity index (χ3n) is 4.29. The highest BCUT2D eigenvalue weighted by Crippen LogP contribution is 2.30. The fourth-order valence-electron chi connectivity index (χ4n) is 2.86. The van der Waals surface area contributed by atoms with E-state index in [-0.39, 0.29) is 12.4 Å². The summed E-state index contributed by atoms with van der Waals surface area (Å²) in [7, 11) is 0. The Morgan fingerprint density at radius 3 is 2.55 bits per heavy atom. The number of aryl methyl sites for hydroxylation is 1. The van der Waals surface area contributed by atoms with Crippen molar-refractivity contribution in [2.24, 2.45) is 0 Å². The fraction of sp³-hybridized carbons (Fsp3) is 0.136. The van der Waals surface area contributed by atoms with Crippen molar-refractivity contribution in [1.82, 2.24) is 0 Å². The van der Waals surface area contributed by atoms with Crippen LogP contribution in [-0.2, 0) is 0 Å². The maximum atomic E-state index is 12.9. The van der Waals surface area contributed by atoms with Crippen LogP contribution in [0.3, 0.4) is 0 Å². The Kier molecular flexibility index (Phi) is 6.77. The number of ether oxygens (including phenoxy) is 1. The molecule has 3 N–H and O–H groups in total. The smallest absolute Gasteiger partial charge is 0.194 e. The molecule has 0 fully saturated rings. The van der Waals surface area contributed by atoms with E-state index in [1.165, 1.54) is 0 Å². The summed E-state index contributed by atoms with van der Waals surface area (Å²) >= 11 is 9.76. The van der Waals surface area contributed by atoms with E-state index < -0.39 is 6.67 Å². The summed E-state index contributed by atoms with van der Waals surface area (Å²) in [5.74, 6) is 0.327. The lowest BCUT2D eigenvalue weighted by molar-refractivity contribution is 0.103. The summed E-state index contributed by atoms with van der Waals surface area (Å²) in [5.41, 5.74) is 9.68. The second kappa shape index (κ2) is 9.29. The molecule has 0 aliphatic rings.